The fourth-order valence-electron chi connectivity index (χ4n) is 3.91. The van der Waals surface area contributed by atoms with Crippen molar-refractivity contribution in [2.24, 2.45) is 30.5 Å². The van der Waals surface area contributed by atoms with Crippen molar-refractivity contribution in [3.05, 3.63) is 15.9 Å². The van der Waals surface area contributed by atoms with Crippen molar-refractivity contribution in [2.75, 3.05) is 0 Å². The lowest BCUT2D eigenvalue weighted by Crippen LogP contribution is -2.28. The summed E-state index contributed by atoms with van der Waals surface area (Å²) in [5.41, 5.74) is 8.84. The molecule has 0 amide bonds. The molecule has 2 aliphatic rings. The first kappa shape index (κ1) is 12.7. The zero-order valence-electron chi connectivity index (χ0n) is 11.2. The molecule has 1 heterocycles. The number of nitrogens with zero attached hydrogens (tertiary/aromatic N) is 2. The van der Waals surface area contributed by atoms with E-state index in [1.54, 1.807) is 0 Å². The largest absolute Gasteiger partial charge is 0.327 e. The van der Waals surface area contributed by atoms with Crippen molar-refractivity contribution >= 4 is 15.9 Å². The molecule has 0 spiro atoms. The van der Waals surface area contributed by atoms with Gasteiger partial charge in [0.25, 0.3) is 0 Å². The van der Waals surface area contributed by atoms with E-state index in [0.29, 0.717) is 6.04 Å². The lowest BCUT2D eigenvalue weighted by molar-refractivity contribution is 0.473. The van der Waals surface area contributed by atoms with Crippen LogP contribution >= 0.6 is 15.9 Å². The van der Waals surface area contributed by atoms with Gasteiger partial charge in [0.05, 0.1) is 15.9 Å². The van der Waals surface area contributed by atoms with E-state index in [1.807, 2.05) is 11.7 Å². The summed E-state index contributed by atoms with van der Waals surface area (Å²) in [6.07, 6.45) is 6.18. The number of halogens is 1. The van der Waals surface area contributed by atoms with Crippen LogP contribution < -0.4 is 5.73 Å². The second kappa shape index (κ2) is 4.64. The van der Waals surface area contributed by atoms with Crippen molar-refractivity contribution in [1.82, 2.24) is 9.78 Å². The smallest absolute Gasteiger partial charge is 0.0766 e. The fourth-order valence-corrected chi connectivity index (χ4v) is 4.69. The lowest BCUT2D eigenvalue weighted by atomic mass is 10.0. The van der Waals surface area contributed by atoms with Crippen molar-refractivity contribution in [3.63, 3.8) is 0 Å². The summed E-state index contributed by atoms with van der Waals surface area (Å²) in [7, 11) is 2.03. The van der Waals surface area contributed by atoms with Crippen LogP contribution in [-0.4, -0.2) is 15.8 Å². The van der Waals surface area contributed by atoms with E-state index < -0.39 is 0 Å². The summed E-state index contributed by atoms with van der Waals surface area (Å²) in [5, 5.41) is 4.55. The van der Waals surface area contributed by atoms with Crippen LogP contribution in [0.15, 0.2) is 4.47 Å². The summed E-state index contributed by atoms with van der Waals surface area (Å²) < 4.78 is 3.18. The second-order valence-electron chi connectivity index (χ2n) is 5.89. The molecule has 1 aromatic heterocycles. The van der Waals surface area contributed by atoms with Crippen LogP contribution in [-0.2, 0) is 19.9 Å². The maximum absolute atomic E-state index is 6.43. The zero-order valence-corrected chi connectivity index (χ0v) is 12.8. The number of fused-ring (bicyclic) bond motifs is 1. The molecule has 2 saturated carbocycles. The Balaban J connectivity index is 1.71. The van der Waals surface area contributed by atoms with E-state index in [0.717, 1.165) is 36.3 Å². The molecule has 2 aliphatic carbocycles. The van der Waals surface area contributed by atoms with Gasteiger partial charge in [-0.1, -0.05) is 13.3 Å². The van der Waals surface area contributed by atoms with Crippen LogP contribution in [0.25, 0.3) is 0 Å². The van der Waals surface area contributed by atoms with Gasteiger partial charge in [-0.25, -0.2) is 0 Å². The summed E-state index contributed by atoms with van der Waals surface area (Å²) in [6, 6.07) is 0.316. The van der Waals surface area contributed by atoms with Crippen LogP contribution in [0.1, 0.15) is 37.6 Å². The van der Waals surface area contributed by atoms with Gasteiger partial charge in [-0.05, 0) is 52.9 Å². The third-order valence-electron chi connectivity index (χ3n) is 4.90. The third-order valence-corrected chi connectivity index (χ3v) is 5.81. The normalized spacial score (nSPS) is 31.4. The Labute approximate surface area is 117 Å². The Kier molecular flexibility index (Phi) is 3.27. The third kappa shape index (κ3) is 1.94. The average Bonchev–Trinajstić information content (AvgIpc) is 2.71. The summed E-state index contributed by atoms with van der Waals surface area (Å²) in [4.78, 5) is 0. The Morgan fingerprint density at radius 2 is 2.11 bits per heavy atom. The number of aromatic nitrogens is 2. The maximum Gasteiger partial charge on any atom is 0.0766 e. The van der Waals surface area contributed by atoms with Gasteiger partial charge in [0.1, 0.15) is 0 Å². The highest BCUT2D eigenvalue weighted by Crippen LogP contribution is 2.58. The molecule has 0 bridgehead atoms. The molecule has 2 N–H and O–H groups in total. The molecule has 1 aromatic rings. The molecule has 3 atom stereocenters. The monoisotopic (exact) mass is 311 g/mol. The Bertz CT molecular complexity index is 444. The van der Waals surface area contributed by atoms with E-state index in [2.05, 4.69) is 28.0 Å². The molecule has 2 fully saturated rings. The molecule has 18 heavy (non-hydrogen) atoms. The highest BCUT2D eigenvalue weighted by molar-refractivity contribution is 9.10. The molecule has 0 aromatic carbocycles. The molecule has 3 nitrogen and oxygen atoms in total. The predicted octanol–water partition coefficient (Wildman–Crippen LogP) is 2.66. The topological polar surface area (TPSA) is 43.8 Å². The number of nitrogens with two attached hydrogens (primary N) is 1. The van der Waals surface area contributed by atoms with Crippen LogP contribution in [0.3, 0.4) is 0 Å². The van der Waals surface area contributed by atoms with Gasteiger partial charge < -0.3 is 5.73 Å². The molecule has 100 valence electrons. The van der Waals surface area contributed by atoms with Crippen LogP contribution in [0.4, 0.5) is 0 Å². The van der Waals surface area contributed by atoms with Crippen LogP contribution in [0, 0.1) is 17.8 Å². The number of hydrogen-bond donors (Lipinski definition) is 1. The standard InChI is InChI=1S/C14H22BrN3/c1-3-11-14(15)12(18(2)17-11)7-10(16)13-8-5-4-6-9(8)13/h8-10,13H,3-7,16H2,1-2H3. The molecular weight excluding hydrogens is 290 g/mol. The second-order valence-corrected chi connectivity index (χ2v) is 6.68. The van der Waals surface area contributed by atoms with Crippen molar-refractivity contribution in [2.45, 2.75) is 45.1 Å². The summed E-state index contributed by atoms with van der Waals surface area (Å²) >= 11 is 3.68. The molecule has 4 heteroatoms. The van der Waals surface area contributed by atoms with E-state index >= 15 is 0 Å². The number of hydrogen-bond acceptors (Lipinski definition) is 2. The maximum atomic E-state index is 6.43. The van der Waals surface area contributed by atoms with Gasteiger partial charge in [0.15, 0.2) is 0 Å². The molecule has 0 saturated heterocycles. The van der Waals surface area contributed by atoms with E-state index in [1.165, 1.54) is 29.4 Å². The minimum absolute atomic E-state index is 0.316. The predicted molar refractivity (Wildman–Crippen MR) is 76.3 cm³/mol. The minimum Gasteiger partial charge on any atom is -0.327 e. The first-order chi connectivity index (χ1) is 8.63. The molecular formula is C14H22BrN3. The van der Waals surface area contributed by atoms with Gasteiger partial charge >= 0.3 is 0 Å². The Morgan fingerprint density at radius 3 is 2.67 bits per heavy atom. The Morgan fingerprint density at radius 1 is 1.44 bits per heavy atom. The first-order valence-corrected chi connectivity index (χ1v) is 7.88. The summed E-state index contributed by atoms with van der Waals surface area (Å²) in [5.74, 6) is 2.67. The van der Waals surface area contributed by atoms with Gasteiger partial charge in [-0.3, -0.25) is 4.68 Å². The zero-order chi connectivity index (χ0) is 12.9. The molecule has 3 rings (SSSR count). The van der Waals surface area contributed by atoms with Gasteiger partial charge in [0.2, 0.25) is 0 Å². The molecule has 3 unspecified atom stereocenters. The van der Waals surface area contributed by atoms with Gasteiger partial charge in [0, 0.05) is 19.5 Å². The van der Waals surface area contributed by atoms with Crippen molar-refractivity contribution < 1.29 is 0 Å². The Hall–Kier alpha value is -0.350. The van der Waals surface area contributed by atoms with Gasteiger partial charge in [-0.15, -0.1) is 0 Å². The quantitative estimate of drug-likeness (QED) is 0.929. The van der Waals surface area contributed by atoms with E-state index in [4.69, 9.17) is 5.73 Å². The highest BCUT2D eigenvalue weighted by atomic mass is 79.9. The van der Waals surface area contributed by atoms with Crippen LogP contribution in [0.5, 0.6) is 0 Å². The summed E-state index contributed by atoms with van der Waals surface area (Å²) in [6.45, 7) is 2.14. The number of rotatable bonds is 4. The molecule has 0 radical (unpaired) electrons. The van der Waals surface area contributed by atoms with E-state index in [-0.39, 0.29) is 0 Å². The first-order valence-electron chi connectivity index (χ1n) is 7.09. The van der Waals surface area contributed by atoms with Gasteiger partial charge in [-0.2, -0.15) is 5.10 Å². The highest BCUT2D eigenvalue weighted by Gasteiger charge is 2.54. The van der Waals surface area contributed by atoms with Crippen molar-refractivity contribution in [1.29, 1.82) is 0 Å². The van der Waals surface area contributed by atoms with Crippen LogP contribution in [0.2, 0.25) is 0 Å². The minimum atomic E-state index is 0.316. The molecule has 0 aliphatic heterocycles. The van der Waals surface area contributed by atoms with E-state index in [9.17, 15) is 0 Å². The lowest BCUT2D eigenvalue weighted by Gasteiger charge is -2.14. The number of aryl methyl sites for hydroxylation is 2. The average molecular weight is 312 g/mol. The van der Waals surface area contributed by atoms with Crippen molar-refractivity contribution in [3.8, 4) is 0 Å². The fraction of sp³-hybridized carbons (Fsp3) is 0.786. The SMILES string of the molecule is CCc1nn(C)c(CC(N)C2C3CCCC32)c1Br.